The van der Waals surface area contributed by atoms with E-state index in [1.165, 1.54) is 18.4 Å². The van der Waals surface area contributed by atoms with Gasteiger partial charge in [-0.2, -0.15) is 4.98 Å². The number of nitrogens with one attached hydrogen (secondary N) is 1. The first-order chi connectivity index (χ1) is 9.29. The zero-order valence-electron chi connectivity index (χ0n) is 11.2. The Kier molecular flexibility index (Phi) is 2.48. The highest BCUT2D eigenvalue weighted by Gasteiger charge is 2.35. The fourth-order valence-electron chi connectivity index (χ4n) is 3.32. The smallest absolute Gasteiger partial charge is 0.245 e. The Hall–Kier alpha value is -1.62. The van der Waals surface area contributed by atoms with E-state index in [-0.39, 0.29) is 0 Å². The molecule has 2 fully saturated rings. The van der Waals surface area contributed by atoms with Crippen LogP contribution in [0.1, 0.15) is 18.4 Å². The number of rotatable bonds is 1. The molecule has 2 aromatic rings. The first-order valence-corrected chi connectivity index (χ1v) is 7.11. The van der Waals surface area contributed by atoms with Crippen LogP contribution in [0.15, 0.2) is 18.3 Å². The number of hydrogen-bond acceptors (Lipinski definition) is 4. The monoisotopic (exact) mass is 257 g/mol. The molecule has 0 aromatic carbocycles. The van der Waals surface area contributed by atoms with Crippen molar-refractivity contribution in [1.29, 1.82) is 0 Å². The lowest BCUT2D eigenvalue weighted by atomic mass is 9.94. The van der Waals surface area contributed by atoms with Gasteiger partial charge in [-0.15, -0.1) is 5.10 Å². The number of aromatic nitrogens is 3. The molecule has 1 N–H and O–H groups in total. The van der Waals surface area contributed by atoms with E-state index in [4.69, 9.17) is 0 Å². The Morgan fingerprint density at radius 2 is 2.26 bits per heavy atom. The van der Waals surface area contributed by atoms with E-state index in [1.807, 2.05) is 16.8 Å². The summed E-state index contributed by atoms with van der Waals surface area (Å²) in [6.07, 6.45) is 4.67. The van der Waals surface area contributed by atoms with Crippen molar-refractivity contribution in [3.05, 3.63) is 23.9 Å². The predicted octanol–water partition coefficient (Wildman–Crippen LogP) is 1.23. The van der Waals surface area contributed by atoms with Crippen LogP contribution in [-0.4, -0.2) is 40.3 Å². The molecule has 4 heterocycles. The number of piperidine rings is 1. The Morgan fingerprint density at radius 3 is 3.16 bits per heavy atom. The second-order valence-corrected chi connectivity index (χ2v) is 5.79. The van der Waals surface area contributed by atoms with Gasteiger partial charge in [0.1, 0.15) is 0 Å². The topological polar surface area (TPSA) is 45.5 Å². The van der Waals surface area contributed by atoms with Gasteiger partial charge in [-0.3, -0.25) is 0 Å². The molecule has 2 aromatic heterocycles. The second-order valence-electron chi connectivity index (χ2n) is 5.79. The highest BCUT2D eigenvalue weighted by atomic mass is 15.4. The van der Waals surface area contributed by atoms with Gasteiger partial charge in [0.15, 0.2) is 5.65 Å². The van der Waals surface area contributed by atoms with E-state index < -0.39 is 0 Å². The standard InChI is InChI=1S/C14H19N5/c1-10-4-5-13-16-14(17-19(13)7-10)18-8-11-3-2-6-15-12(11)9-18/h4-5,7,11-12,15H,2-3,6,8-9H2,1H3/t11-,12+/m0/s1. The second kappa shape index (κ2) is 4.20. The van der Waals surface area contributed by atoms with E-state index in [9.17, 15) is 0 Å². The van der Waals surface area contributed by atoms with Crippen LogP contribution in [0.4, 0.5) is 5.95 Å². The van der Waals surface area contributed by atoms with E-state index in [2.05, 4.69) is 33.3 Å². The van der Waals surface area contributed by atoms with Crippen molar-refractivity contribution in [3.63, 3.8) is 0 Å². The molecular formula is C14H19N5. The average Bonchev–Trinajstić information content (AvgIpc) is 3.00. The molecule has 0 amide bonds. The summed E-state index contributed by atoms with van der Waals surface area (Å²) >= 11 is 0. The van der Waals surface area contributed by atoms with Crippen LogP contribution in [-0.2, 0) is 0 Å². The van der Waals surface area contributed by atoms with Crippen molar-refractivity contribution in [2.75, 3.05) is 24.5 Å². The molecule has 4 rings (SSSR count). The summed E-state index contributed by atoms with van der Waals surface area (Å²) in [7, 11) is 0. The van der Waals surface area contributed by atoms with Crippen molar-refractivity contribution < 1.29 is 0 Å². The lowest BCUT2D eigenvalue weighted by Gasteiger charge is -2.24. The van der Waals surface area contributed by atoms with Crippen molar-refractivity contribution in [2.45, 2.75) is 25.8 Å². The molecule has 0 bridgehead atoms. The van der Waals surface area contributed by atoms with E-state index in [0.717, 1.165) is 37.1 Å². The van der Waals surface area contributed by atoms with Gasteiger partial charge in [-0.25, -0.2) is 4.52 Å². The Labute approximate surface area is 112 Å². The number of aryl methyl sites for hydroxylation is 1. The Balaban J connectivity index is 1.64. The molecule has 2 saturated heterocycles. The SMILES string of the molecule is Cc1ccc2nc(N3C[C@@H]4CCCN[C@@H]4C3)nn2c1. The van der Waals surface area contributed by atoms with Crippen LogP contribution >= 0.6 is 0 Å². The molecule has 2 atom stereocenters. The summed E-state index contributed by atoms with van der Waals surface area (Å²) in [6.45, 7) is 5.37. The third-order valence-corrected chi connectivity index (χ3v) is 4.35. The molecule has 5 heteroatoms. The molecule has 0 unspecified atom stereocenters. The van der Waals surface area contributed by atoms with Crippen LogP contribution < -0.4 is 10.2 Å². The predicted molar refractivity (Wildman–Crippen MR) is 74.5 cm³/mol. The zero-order valence-corrected chi connectivity index (χ0v) is 11.2. The molecule has 2 aliphatic rings. The minimum absolute atomic E-state index is 0.627. The minimum Gasteiger partial charge on any atom is -0.338 e. The van der Waals surface area contributed by atoms with Gasteiger partial charge >= 0.3 is 0 Å². The lowest BCUT2D eigenvalue weighted by Crippen LogP contribution is -2.40. The number of pyridine rings is 1. The maximum Gasteiger partial charge on any atom is 0.245 e. The van der Waals surface area contributed by atoms with Gasteiger partial charge in [-0.1, -0.05) is 6.07 Å². The minimum atomic E-state index is 0.627. The van der Waals surface area contributed by atoms with Crippen molar-refractivity contribution in [2.24, 2.45) is 5.92 Å². The van der Waals surface area contributed by atoms with Crippen LogP contribution in [0.3, 0.4) is 0 Å². The van der Waals surface area contributed by atoms with E-state index >= 15 is 0 Å². The maximum atomic E-state index is 4.64. The third kappa shape index (κ3) is 1.89. The summed E-state index contributed by atoms with van der Waals surface area (Å²) in [5.74, 6) is 1.64. The van der Waals surface area contributed by atoms with E-state index in [1.54, 1.807) is 0 Å². The summed E-state index contributed by atoms with van der Waals surface area (Å²) in [5, 5.41) is 8.24. The average molecular weight is 257 g/mol. The van der Waals surface area contributed by atoms with Crippen LogP contribution in [0.25, 0.3) is 5.65 Å². The largest absolute Gasteiger partial charge is 0.338 e. The highest BCUT2D eigenvalue weighted by Crippen LogP contribution is 2.27. The molecule has 0 aliphatic carbocycles. The highest BCUT2D eigenvalue weighted by molar-refractivity contribution is 5.46. The molecule has 0 spiro atoms. The zero-order chi connectivity index (χ0) is 12.8. The Bertz CT molecular complexity index is 591. The Morgan fingerprint density at radius 1 is 1.32 bits per heavy atom. The molecule has 2 aliphatic heterocycles. The summed E-state index contributed by atoms with van der Waals surface area (Å²) < 4.78 is 1.89. The number of nitrogens with zero attached hydrogens (tertiary/aromatic N) is 4. The number of fused-ring (bicyclic) bond motifs is 2. The molecule has 100 valence electrons. The lowest BCUT2D eigenvalue weighted by molar-refractivity contribution is 0.340. The van der Waals surface area contributed by atoms with E-state index in [0.29, 0.717) is 6.04 Å². The summed E-state index contributed by atoms with van der Waals surface area (Å²) in [5.41, 5.74) is 2.14. The van der Waals surface area contributed by atoms with Gasteiger partial charge < -0.3 is 10.2 Å². The normalized spacial score (nSPS) is 26.9. The molecule has 0 radical (unpaired) electrons. The number of hydrogen-bond donors (Lipinski definition) is 1. The van der Waals surface area contributed by atoms with Crippen LogP contribution in [0, 0.1) is 12.8 Å². The van der Waals surface area contributed by atoms with Crippen LogP contribution in [0.5, 0.6) is 0 Å². The maximum absolute atomic E-state index is 4.64. The van der Waals surface area contributed by atoms with Gasteiger partial charge in [0.05, 0.1) is 0 Å². The van der Waals surface area contributed by atoms with Crippen molar-refractivity contribution in [1.82, 2.24) is 19.9 Å². The third-order valence-electron chi connectivity index (χ3n) is 4.35. The van der Waals surface area contributed by atoms with Gasteiger partial charge in [0.25, 0.3) is 0 Å². The van der Waals surface area contributed by atoms with Crippen molar-refractivity contribution >= 4 is 11.6 Å². The molecule has 5 nitrogen and oxygen atoms in total. The van der Waals surface area contributed by atoms with Gasteiger partial charge in [-0.05, 0) is 43.9 Å². The summed E-state index contributed by atoms with van der Waals surface area (Å²) in [6, 6.07) is 4.74. The van der Waals surface area contributed by atoms with Crippen molar-refractivity contribution in [3.8, 4) is 0 Å². The van der Waals surface area contributed by atoms with Gasteiger partial charge in [0, 0.05) is 25.3 Å². The summed E-state index contributed by atoms with van der Waals surface area (Å²) in [4.78, 5) is 6.97. The first-order valence-electron chi connectivity index (χ1n) is 7.11. The fraction of sp³-hybridized carbons (Fsp3) is 0.571. The molecular weight excluding hydrogens is 238 g/mol. The quantitative estimate of drug-likeness (QED) is 0.834. The fourth-order valence-corrected chi connectivity index (χ4v) is 3.32. The first kappa shape index (κ1) is 11.2. The van der Waals surface area contributed by atoms with Gasteiger partial charge in [0.2, 0.25) is 5.95 Å². The van der Waals surface area contributed by atoms with Crippen LogP contribution in [0.2, 0.25) is 0 Å². The molecule has 19 heavy (non-hydrogen) atoms. The number of anilines is 1. The molecule has 0 saturated carbocycles.